The van der Waals surface area contributed by atoms with Gasteiger partial charge in [0.05, 0.1) is 23.2 Å². The zero-order valence-electron chi connectivity index (χ0n) is 16.8. The van der Waals surface area contributed by atoms with E-state index in [9.17, 15) is 14.4 Å². The number of anilines is 2. The van der Waals surface area contributed by atoms with Crippen molar-refractivity contribution < 1.29 is 14.3 Å². The average Bonchev–Trinajstić information content (AvgIpc) is 3.35. The van der Waals surface area contributed by atoms with Gasteiger partial charge in [0, 0.05) is 13.0 Å². The number of aromatic nitrogens is 2. The lowest BCUT2D eigenvalue weighted by Gasteiger charge is -2.20. The molecule has 0 aliphatic carbocycles. The van der Waals surface area contributed by atoms with Gasteiger partial charge in [-0.25, -0.2) is 4.98 Å². The third-order valence-corrected chi connectivity index (χ3v) is 5.44. The molecule has 2 aliphatic rings. The van der Waals surface area contributed by atoms with Crippen molar-refractivity contribution in [3.63, 3.8) is 0 Å². The maximum Gasteiger partial charge on any atom is 0.263 e. The van der Waals surface area contributed by atoms with Gasteiger partial charge in [-0.2, -0.15) is 0 Å². The highest BCUT2D eigenvalue weighted by atomic mass is 16.5. The van der Waals surface area contributed by atoms with Crippen LogP contribution in [0.15, 0.2) is 47.3 Å². The molecule has 0 radical (unpaired) electrons. The minimum atomic E-state index is -0.283. The molecule has 0 saturated carbocycles. The molecule has 158 valence electrons. The number of fused-ring (bicyclic) bond motifs is 3. The van der Waals surface area contributed by atoms with Gasteiger partial charge in [-0.15, -0.1) is 0 Å². The van der Waals surface area contributed by atoms with Gasteiger partial charge in [-0.05, 0) is 42.7 Å². The summed E-state index contributed by atoms with van der Waals surface area (Å²) in [4.78, 5) is 40.7. The van der Waals surface area contributed by atoms with Crippen LogP contribution >= 0.6 is 0 Å². The normalized spacial score (nSPS) is 14.3. The van der Waals surface area contributed by atoms with Crippen molar-refractivity contribution >= 4 is 34.4 Å². The van der Waals surface area contributed by atoms with Crippen LogP contribution in [0.4, 0.5) is 11.6 Å². The van der Waals surface area contributed by atoms with E-state index in [-0.39, 0.29) is 29.9 Å². The lowest BCUT2D eigenvalue weighted by molar-refractivity contribution is -0.121. The monoisotopic (exact) mass is 419 g/mol. The highest BCUT2D eigenvalue weighted by Gasteiger charge is 2.22. The molecule has 9 heteroatoms. The number of hydrazine groups is 1. The Kier molecular flexibility index (Phi) is 4.78. The molecule has 0 bridgehead atoms. The molecule has 3 heterocycles. The van der Waals surface area contributed by atoms with Crippen molar-refractivity contribution in [2.45, 2.75) is 25.8 Å². The summed E-state index contributed by atoms with van der Waals surface area (Å²) >= 11 is 0. The van der Waals surface area contributed by atoms with Crippen LogP contribution in [0, 0.1) is 0 Å². The number of para-hydroxylation sites is 1. The molecule has 2 amide bonds. The van der Waals surface area contributed by atoms with E-state index < -0.39 is 0 Å². The first kappa shape index (κ1) is 19.1. The molecule has 2 N–H and O–H groups in total. The number of hydrogen-bond donors (Lipinski definition) is 2. The summed E-state index contributed by atoms with van der Waals surface area (Å²) in [6.07, 6.45) is 1.79. The average molecular weight is 419 g/mol. The second-order valence-corrected chi connectivity index (χ2v) is 7.57. The Hall–Kier alpha value is -3.88. The first-order valence-electron chi connectivity index (χ1n) is 10.2. The van der Waals surface area contributed by atoms with E-state index in [1.165, 1.54) is 10.1 Å². The number of hydrogen-bond acceptors (Lipinski definition) is 6. The predicted molar refractivity (Wildman–Crippen MR) is 115 cm³/mol. The SMILES string of the molecule is O=C1Cn2c(nc3ccc(OCCCC(=O)NN4CCc5ccccc54)cc3c2=O)N1. The Morgan fingerprint density at radius 3 is 2.97 bits per heavy atom. The van der Waals surface area contributed by atoms with Gasteiger partial charge in [0.2, 0.25) is 17.8 Å². The van der Waals surface area contributed by atoms with E-state index in [0.29, 0.717) is 36.1 Å². The van der Waals surface area contributed by atoms with Crippen molar-refractivity contribution in [2.75, 3.05) is 23.5 Å². The van der Waals surface area contributed by atoms with Crippen molar-refractivity contribution in [1.29, 1.82) is 0 Å². The van der Waals surface area contributed by atoms with E-state index in [1.54, 1.807) is 18.2 Å². The molecule has 0 spiro atoms. The van der Waals surface area contributed by atoms with Crippen LogP contribution in [0.25, 0.3) is 10.9 Å². The molecule has 0 fully saturated rings. The molecular weight excluding hydrogens is 398 g/mol. The fourth-order valence-electron chi connectivity index (χ4n) is 3.92. The van der Waals surface area contributed by atoms with E-state index in [2.05, 4.69) is 21.8 Å². The van der Waals surface area contributed by atoms with Gasteiger partial charge >= 0.3 is 0 Å². The summed E-state index contributed by atoms with van der Waals surface area (Å²) in [6, 6.07) is 13.1. The fourth-order valence-corrected chi connectivity index (χ4v) is 3.92. The van der Waals surface area contributed by atoms with Crippen LogP contribution in [0.5, 0.6) is 5.75 Å². The van der Waals surface area contributed by atoms with Gasteiger partial charge in [-0.3, -0.25) is 34.7 Å². The van der Waals surface area contributed by atoms with Gasteiger partial charge in [-0.1, -0.05) is 18.2 Å². The second kappa shape index (κ2) is 7.75. The van der Waals surface area contributed by atoms with Crippen LogP contribution in [0.3, 0.4) is 0 Å². The van der Waals surface area contributed by atoms with Crippen molar-refractivity contribution in [3.05, 3.63) is 58.4 Å². The van der Waals surface area contributed by atoms with Crippen LogP contribution in [-0.2, 0) is 22.6 Å². The Labute approximate surface area is 177 Å². The second-order valence-electron chi connectivity index (χ2n) is 7.57. The smallest absolute Gasteiger partial charge is 0.263 e. The summed E-state index contributed by atoms with van der Waals surface area (Å²) in [7, 11) is 0. The third kappa shape index (κ3) is 3.70. The van der Waals surface area contributed by atoms with Gasteiger partial charge < -0.3 is 4.74 Å². The number of rotatable bonds is 6. The van der Waals surface area contributed by atoms with E-state index in [1.807, 2.05) is 23.2 Å². The quantitative estimate of drug-likeness (QED) is 0.588. The van der Waals surface area contributed by atoms with Crippen LogP contribution in [0.1, 0.15) is 18.4 Å². The zero-order valence-corrected chi connectivity index (χ0v) is 16.8. The Morgan fingerprint density at radius 2 is 2.06 bits per heavy atom. The molecule has 0 atom stereocenters. The maximum absolute atomic E-state index is 12.6. The van der Waals surface area contributed by atoms with Crippen LogP contribution in [-0.4, -0.2) is 34.5 Å². The predicted octanol–water partition coefficient (Wildman–Crippen LogP) is 1.60. The number of amides is 2. The molecule has 0 unspecified atom stereocenters. The number of benzene rings is 2. The molecule has 2 aliphatic heterocycles. The molecule has 5 rings (SSSR count). The van der Waals surface area contributed by atoms with Gasteiger partial charge in [0.25, 0.3) is 5.56 Å². The van der Waals surface area contributed by atoms with E-state index >= 15 is 0 Å². The Morgan fingerprint density at radius 1 is 1.19 bits per heavy atom. The summed E-state index contributed by atoms with van der Waals surface area (Å²) < 4.78 is 7.05. The lowest BCUT2D eigenvalue weighted by Crippen LogP contribution is -2.41. The van der Waals surface area contributed by atoms with Crippen molar-refractivity contribution in [3.8, 4) is 5.75 Å². The molecule has 0 saturated heterocycles. The topological polar surface area (TPSA) is 106 Å². The van der Waals surface area contributed by atoms with Crippen molar-refractivity contribution in [1.82, 2.24) is 15.0 Å². The minimum Gasteiger partial charge on any atom is -0.494 e. The van der Waals surface area contributed by atoms with Crippen LogP contribution in [0.2, 0.25) is 0 Å². The summed E-state index contributed by atoms with van der Waals surface area (Å²) in [5.41, 5.74) is 5.44. The fraction of sp³-hybridized carbons (Fsp3) is 0.273. The number of ether oxygens (including phenoxy) is 1. The largest absolute Gasteiger partial charge is 0.494 e. The van der Waals surface area contributed by atoms with Crippen molar-refractivity contribution in [2.24, 2.45) is 0 Å². The summed E-state index contributed by atoms with van der Waals surface area (Å²) in [5, 5.41) is 4.85. The Balaban J connectivity index is 1.16. The summed E-state index contributed by atoms with van der Waals surface area (Å²) in [6.45, 7) is 1.08. The number of carbonyl (C=O) groups is 2. The number of carbonyl (C=O) groups excluding carboxylic acids is 2. The maximum atomic E-state index is 12.6. The Bertz CT molecular complexity index is 1250. The molecule has 31 heavy (non-hydrogen) atoms. The molecule has 2 aromatic carbocycles. The molecule has 3 aromatic rings. The minimum absolute atomic E-state index is 0.0290. The van der Waals surface area contributed by atoms with E-state index in [4.69, 9.17) is 4.74 Å². The first-order valence-corrected chi connectivity index (χ1v) is 10.2. The first-order chi connectivity index (χ1) is 15.1. The molecular formula is C22H21N5O4. The zero-order chi connectivity index (χ0) is 21.4. The van der Waals surface area contributed by atoms with Gasteiger partial charge in [0.15, 0.2) is 0 Å². The molecule has 9 nitrogen and oxygen atoms in total. The molecule has 1 aromatic heterocycles. The number of nitrogens with zero attached hydrogens (tertiary/aromatic N) is 3. The lowest BCUT2D eigenvalue weighted by atomic mass is 10.2. The third-order valence-electron chi connectivity index (χ3n) is 5.44. The summed E-state index contributed by atoms with van der Waals surface area (Å²) in [5.74, 6) is 0.474. The number of nitrogens with one attached hydrogen (secondary N) is 2. The standard InChI is InChI=1S/C22H21N5O4/c28-19(25-27-10-9-14-4-1-2-5-18(14)27)6-3-11-31-15-7-8-17-16(12-15)21(30)26-13-20(29)24-22(26)23-17/h1-2,4-5,7-8,12H,3,6,9-11,13H2,(H,25,28)(H,23,24,29). The van der Waals surface area contributed by atoms with Gasteiger partial charge in [0.1, 0.15) is 12.3 Å². The van der Waals surface area contributed by atoms with Crippen LogP contribution < -0.4 is 26.0 Å². The highest BCUT2D eigenvalue weighted by molar-refractivity contribution is 5.94. The van der Waals surface area contributed by atoms with E-state index in [0.717, 1.165) is 18.7 Å². The highest BCUT2D eigenvalue weighted by Crippen LogP contribution is 2.25.